The van der Waals surface area contributed by atoms with E-state index in [0.29, 0.717) is 6.54 Å². The Bertz CT molecular complexity index is 487. The lowest BCUT2D eigenvalue weighted by atomic mass is 10.0. The first-order valence-corrected chi connectivity index (χ1v) is 7.85. The molecule has 1 N–H and O–H groups in total. The molecule has 0 saturated carbocycles. The van der Waals surface area contributed by atoms with Crippen molar-refractivity contribution in [3.8, 4) is 0 Å². The number of hydrogen-bond acceptors (Lipinski definition) is 5. The second-order valence-corrected chi connectivity index (χ2v) is 6.78. The Morgan fingerprint density at radius 1 is 1.45 bits per heavy atom. The summed E-state index contributed by atoms with van der Waals surface area (Å²) in [6, 6.07) is 0.357. The number of hydrogen-bond donors (Lipinski definition) is 1. The van der Waals surface area contributed by atoms with Crippen LogP contribution in [0.25, 0.3) is 0 Å². The molecule has 2 heterocycles. The zero-order chi connectivity index (χ0) is 16.2. The lowest BCUT2D eigenvalue weighted by molar-refractivity contribution is 0.0183. The highest BCUT2D eigenvalue weighted by molar-refractivity contribution is 5.68. The van der Waals surface area contributed by atoms with Crippen LogP contribution in [0.3, 0.4) is 0 Å². The minimum Gasteiger partial charge on any atom is -0.444 e. The van der Waals surface area contributed by atoms with Gasteiger partial charge in [-0.2, -0.15) is 0 Å². The van der Waals surface area contributed by atoms with Crippen LogP contribution in [0, 0.1) is 0 Å². The van der Waals surface area contributed by atoms with Crippen LogP contribution >= 0.6 is 0 Å². The van der Waals surface area contributed by atoms with Gasteiger partial charge in [-0.3, -0.25) is 9.97 Å². The number of ether oxygens (including phenoxy) is 1. The van der Waals surface area contributed by atoms with E-state index in [0.717, 1.165) is 25.1 Å². The molecule has 1 aromatic rings. The SMILES string of the molecule is CC(N[C@@H]1CCCN(C(=O)OC(C)(C)C)C1)c1cnccn1. The van der Waals surface area contributed by atoms with Gasteiger partial charge in [0.1, 0.15) is 5.60 Å². The normalized spacial score (nSPS) is 20.5. The van der Waals surface area contributed by atoms with E-state index in [9.17, 15) is 4.79 Å². The van der Waals surface area contributed by atoms with E-state index in [-0.39, 0.29) is 18.2 Å². The summed E-state index contributed by atoms with van der Waals surface area (Å²) < 4.78 is 5.45. The highest BCUT2D eigenvalue weighted by Crippen LogP contribution is 2.17. The van der Waals surface area contributed by atoms with Gasteiger partial charge in [0.15, 0.2) is 0 Å². The molecule has 6 nitrogen and oxygen atoms in total. The highest BCUT2D eigenvalue weighted by Gasteiger charge is 2.28. The third kappa shape index (κ3) is 4.94. The predicted molar refractivity (Wildman–Crippen MR) is 84.4 cm³/mol. The Balaban J connectivity index is 1.89. The van der Waals surface area contributed by atoms with Gasteiger partial charge in [0.05, 0.1) is 5.69 Å². The minimum absolute atomic E-state index is 0.109. The Kier molecular flexibility index (Phi) is 5.34. The summed E-state index contributed by atoms with van der Waals surface area (Å²) in [6.07, 6.45) is 6.92. The number of nitrogens with one attached hydrogen (secondary N) is 1. The first-order chi connectivity index (χ1) is 10.3. The van der Waals surface area contributed by atoms with E-state index >= 15 is 0 Å². The van der Waals surface area contributed by atoms with E-state index in [1.54, 1.807) is 23.5 Å². The molecule has 2 atom stereocenters. The molecule has 6 heteroatoms. The maximum atomic E-state index is 12.2. The minimum atomic E-state index is -0.454. The maximum Gasteiger partial charge on any atom is 0.410 e. The van der Waals surface area contributed by atoms with Crippen LogP contribution in [0.1, 0.15) is 52.3 Å². The Hall–Kier alpha value is -1.69. The zero-order valence-corrected chi connectivity index (χ0v) is 13.9. The van der Waals surface area contributed by atoms with Gasteiger partial charge in [-0.15, -0.1) is 0 Å². The molecule has 0 radical (unpaired) electrons. The Morgan fingerprint density at radius 2 is 2.23 bits per heavy atom. The molecule has 1 amide bonds. The fraction of sp³-hybridized carbons (Fsp3) is 0.688. The summed E-state index contributed by atoms with van der Waals surface area (Å²) in [6.45, 7) is 9.16. The standard InChI is InChI=1S/C16H26N4O2/c1-12(14-10-17-7-8-18-14)19-13-6-5-9-20(11-13)15(21)22-16(2,3)4/h7-8,10,12-13,19H,5-6,9,11H2,1-4H3/t12?,13-/m1/s1. The van der Waals surface area contributed by atoms with Gasteiger partial charge in [0.25, 0.3) is 0 Å². The van der Waals surface area contributed by atoms with Crippen molar-refractivity contribution < 1.29 is 9.53 Å². The van der Waals surface area contributed by atoms with Crippen molar-refractivity contribution in [1.29, 1.82) is 0 Å². The number of amides is 1. The molecule has 2 rings (SSSR count). The van der Waals surface area contributed by atoms with Gasteiger partial charge in [0.2, 0.25) is 0 Å². The quantitative estimate of drug-likeness (QED) is 0.929. The van der Waals surface area contributed by atoms with Crippen LogP contribution in [0.2, 0.25) is 0 Å². The number of likely N-dealkylation sites (tertiary alicyclic amines) is 1. The van der Waals surface area contributed by atoms with E-state index in [2.05, 4.69) is 22.2 Å². The molecule has 1 aromatic heterocycles. The number of rotatable bonds is 3. The van der Waals surface area contributed by atoms with E-state index < -0.39 is 5.60 Å². The number of carbonyl (C=O) groups is 1. The molecule has 1 unspecified atom stereocenters. The summed E-state index contributed by atoms with van der Waals surface area (Å²) in [4.78, 5) is 22.4. The fourth-order valence-electron chi connectivity index (χ4n) is 2.58. The molecular weight excluding hydrogens is 280 g/mol. The van der Waals surface area contributed by atoms with Crippen molar-refractivity contribution >= 4 is 6.09 Å². The first-order valence-electron chi connectivity index (χ1n) is 7.85. The highest BCUT2D eigenvalue weighted by atomic mass is 16.6. The van der Waals surface area contributed by atoms with Gasteiger partial charge in [0, 0.05) is 43.8 Å². The Labute approximate surface area is 132 Å². The third-order valence-electron chi connectivity index (χ3n) is 3.59. The molecule has 0 aliphatic carbocycles. The van der Waals surface area contributed by atoms with Crippen molar-refractivity contribution in [1.82, 2.24) is 20.2 Å². The first kappa shape index (κ1) is 16.7. The number of nitrogens with zero attached hydrogens (tertiary/aromatic N) is 3. The van der Waals surface area contributed by atoms with Gasteiger partial charge in [-0.25, -0.2) is 4.79 Å². The molecule has 0 spiro atoms. The Morgan fingerprint density at radius 3 is 2.86 bits per heavy atom. The maximum absolute atomic E-state index is 12.2. The average molecular weight is 306 g/mol. The number of aromatic nitrogens is 2. The van der Waals surface area contributed by atoms with Crippen LogP contribution < -0.4 is 5.32 Å². The zero-order valence-electron chi connectivity index (χ0n) is 13.9. The monoisotopic (exact) mass is 306 g/mol. The lowest BCUT2D eigenvalue weighted by Crippen LogP contribution is -2.49. The van der Waals surface area contributed by atoms with Crippen molar-refractivity contribution in [2.75, 3.05) is 13.1 Å². The molecule has 1 aliphatic rings. The van der Waals surface area contributed by atoms with Gasteiger partial charge in [-0.05, 0) is 40.5 Å². The van der Waals surface area contributed by atoms with Crippen LogP contribution in [0.15, 0.2) is 18.6 Å². The molecule has 0 aromatic carbocycles. The van der Waals surface area contributed by atoms with Crippen LogP contribution in [-0.4, -0.2) is 45.7 Å². The largest absolute Gasteiger partial charge is 0.444 e. The molecule has 0 bridgehead atoms. The van der Waals surface area contributed by atoms with E-state index in [1.165, 1.54) is 0 Å². The van der Waals surface area contributed by atoms with Crippen molar-refractivity contribution in [2.24, 2.45) is 0 Å². The summed E-state index contributed by atoms with van der Waals surface area (Å²) >= 11 is 0. The second-order valence-electron chi connectivity index (χ2n) is 6.78. The second kappa shape index (κ2) is 7.05. The smallest absolute Gasteiger partial charge is 0.410 e. The molecule has 22 heavy (non-hydrogen) atoms. The van der Waals surface area contributed by atoms with Gasteiger partial charge >= 0.3 is 6.09 Å². The van der Waals surface area contributed by atoms with Crippen LogP contribution in [-0.2, 0) is 4.74 Å². The number of piperidine rings is 1. The van der Waals surface area contributed by atoms with Crippen molar-refractivity contribution in [2.45, 2.75) is 58.2 Å². The predicted octanol–water partition coefficient (Wildman–Crippen LogP) is 2.53. The van der Waals surface area contributed by atoms with Crippen LogP contribution in [0.4, 0.5) is 4.79 Å². The van der Waals surface area contributed by atoms with Gasteiger partial charge < -0.3 is 15.0 Å². The average Bonchev–Trinajstić information content (AvgIpc) is 2.46. The van der Waals surface area contributed by atoms with E-state index in [1.807, 2.05) is 20.8 Å². The molecular formula is C16H26N4O2. The summed E-state index contributed by atoms with van der Waals surface area (Å²) in [5, 5.41) is 3.53. The molecule has 122 valence electrons. The molecule has 1 fully saturated rings. The lowest BCUT2D eigenvalue weighted by Gasteiger charge is -2.35. The topological polar surface area (TPSA) is 67.4 Å². The summed E-state index contributed by atoms with van der Waals surface area (Å²) in [5.74, 6) is 0. The van der Waals surface area contributed by atoms with Crippen molar-refractivity contribution in [3.05, 3.63) is 24.3 Å². The molecule has 1 saturated heterocycles. The van der Waals surface area contributed by atoms with E-state index in [4.69, 9.17) is 4.74 Å². The fourth-order valence-corrected chi connectivity index (χ4v) is 2.58. The third-order valence-corrected chi connectivity index (χ3v) is 3.59. The van der Waals surface area contributed by atoms with Crippen molar-refractivity contribution in [3.63, 3.8) is 0 Å². The molecule has 1 aliphatic heterocycles. The summed E-state index contributed by atoms with van der Waals surface area (Å²) in [5.41, 5.74) is 0.460. The van der Waals surface area contributed by atoms with Crippen LogP contribution in [0.5, 0.6) is 0 Å². The number of carbonyl (C=O) groups excluding carboxylic acids is 1. The summed E-state index contributed by atoms with van der Waals surface area (Å²) in [7, 11) is 0. The van der Waals surface area contributed by atoms with Gasteiger partial charge in [-0.1, -0.05) is 0 Å².